The molecule has 2 aromatic carbocycles. The number of hydrogen-bond donors (Lipinski definition) is 1. The standard InChI is InChI=1S/C24H23N3O5/c28-22(25-17-8-10-18(11-9-17)27(31)32)19(12-14-4-2-1-3-5-14)26-23(29)20-15-6-7-16(13-15)21(20)24(26)30/h1-5,8-11,15-16,19-21H,6-7,12-13H2,(H,25,28)/t15-,16+,19-,20-,21+/m0/s1. The van der Waals surface area contributed by atoms with Gasteiger partial charge in [-0.25, -0.2) is 0 Å². The molecule has 5 rings (SSSR count). The Kier molecular flexibility index (Phi) is 5.00. The number of non-ortho nitro benzene ring substituents is 1. The van der Waals surface area contributed by atoms with E-state index in [0.717, 1.165) is 24.8 Å². The number of fused-ring (bicyclic) bond motifs is 5. The van der Waals surface area contributed by atoms with E-state index in [4.69, 9.17) is 0 Å². The summed E-state index contributed by atoms with van der Waals surface area (Å²) in [6.07, 6.45) is 3.08. The molecule has 1 N–H and O–H groups in total. The van der Waals surface area contributed by atoms with Crippen LogP contribution in [0.1, 0.15) is 24.8 Å². The van der Waals surface area contributed by atoms with Gasteiger partial charge < -0.3 is 5.32 Å². The second-order valence-electron chi connectivity index (χ2n) is 8.93. The number of carbonyl (C=O) groups is 3. The number of nitrogens with zero attached hydrogens (tertiary/aromatic N) is 2. The molecule has 5 atom stereocenters. The quantitative estimate of drug-likeness (QED) is 0.427. The molecular weight excluding hydrogens is 410 g/mol. The summed E-state index contributed by atoms with van der Waals surface area (Å²) in [4.78, 5) is 51.6. The molecule has 3 aliphatic rings. The summed E-state index contributed by atoms with van der Waals surface area (Å²) in [6.45, 7) is 0. The van der Waals surface area contributed by atoms with Crippen molar-refractivity contribution in [1.29, 1.82) is 0 Å². The van der Waals surface area contributed by atoms with Gasteiger partial charge in [0.2, 0.25) is 17.7 Å². The van der Waals surface area contributed by atoms with Crippen LogP contribution >= 0.6 is 0 Å². The molecule has 2 aromatic rings. The van der Waals surface area contributed by atoms with Gasteiger partial charge in [-0.2, -0.15) is 0 Å². The molecule has 0 aromatic heterocycles. The fraction of sp³-hybridized carbons (Fsp3) is 0.375. The van der Waals surface area contributed by atoms with E-state index in [1.54, 1.807) is 0 Å². The second kappa shape index (κ2) is 7.85. The number of hydrogen-bond acceptors (Lipinski definition) is 5. The van der Waals surface area contributed by atoms with Gasteiger partial charge in [0.15, 0.2) is 0 Å². The summed E-state index contributed by atoms with van der Waals surface area (Å²) in [5.41, 5.74) is 1.13. The lowest BCUT2D eigenvalue weighted by molar-refractivity contribution is -0.384. The monoisotopic (exact) mass is 433 g/mol. The lowest BCUT2D eigenvalue weighted by Crippen LogP contribution is -2.49. The summed E-state index contributed by atoms with van der Waals surface area (Å²) in [6, 6.07) is 13.8. The van der Waals surface area contributed by atoms with Gasteiger partial charge in [-0.05, 0) is 48.8 Å². The van der Waals surface area contributed by atoms with Crippen LogP contribution in [-0.2, 0) is 20.8 Å². The number of likely N-dealkylation sites (tertiary alicyclic amines) is 1. The van der Waals surface area contributed by atoms with Crippen molar-refractivity contribution in [3.63, 3.8) is 0 Å². The first-order valence-electron chi connectivity index (χ1n) is 10.9. The molecule has 8 nitrogen and oxygen atoms in total. The summed E-state index contributed by atoms with van der Waals surface area (Å²) in [5, 5.41) is 13.6. The molecule has 0 spiro atoms. The first kappa shape index (κ1) is 20.4. The third-order valence-corrected chi connectivity index (χ3v) is 7.19. The highest BCUT2D eigenvalue weighted by atomic mass is 16.6. The molecule has 2 aliphatic carbocycles. The molecule has 8 heteroatoms. The number of anilines is 1. The Morgan fingerprint density at radius 1 is 1.00 bits per heavy atom. The maximum Gasteiger partial charge on any atom is 0.269 e. The molecule has 1 heterocycles. The van der Waals surface area contributed by atoms with E-state index in [9.17, 15) is 24.5 Å². The van der Waals surface area contributed by atoms with Gasteiger partial charge in [0.1, 0.15) is 6.04 Å². The Morgan fingerprint density at radius 3 is 2.16 bits per heavy atom. The highest BCUT2D eigenvalue weighted by Crippen LogP contribution is 2.56. The summed E-state index contributed by atoms with van der Waals surface area (Å²) < 4.78 is 0. The normalized spacial score (nSPS) is 26.8. The number of amides is 3. The van der Waals surface area contributed by atoms with Crippen molar-refractivity contribution in [1.82, 2.24) is 4.90 Å². The minimum absolute atomic E-state index is 0.0861. The molecule has 1 saturated heterocycles. The zero-order valence-corrected chi connectivity index (χ0v) is 17.3. The van der Waals surface area contributed by atoms with E-state index >= 15 is 0 Å². The average Bonchev–Trinajstić information content (AvgIpc) is 3.47. The summed E-state index contributed by atoms with van der Waals surface area (Å²) >= 11 is 0. The zero-order chi connectivity index (χ0) is 22.4. The summed E-state index contributed by atoms with van der Waals surface area (Å²) in [5.74, 6) is -1.06. The number of nitrogens with one attached hydrogen (secondary N) is 1. The van der Waals surface area contributed by atoms with E-state index in [0.29, 0.717) is 5.69 Å². The van der Waals surface area contributed by atoms with E-state index in [1.807, 2.05) is 30.3 Å². The predicted octanol–water partition coefficient (Wildman–Crippen LogP) is 3.18. The van der Waals surface area contributed by atoms with Crippen molar-refractivity contribution in [3.8, 4) is 0 Å². The summed E-state index contributed by atoms with van der Waals surface area (Å²) in [7, 11) is 0. The van der Waals surface area contributed by atoms with Crippen molar-refractivity contribution in [3.05, 3.63) is 70.3 Å². The lowest BCUT2D eigenvalue weighted by atomic mass is 9.81. The zero-order valence-electron chi connectivity index (χ0n) is 17.3. The second-order valence-corrected chi connectivity index (χ2v) is 8.93. The highest BCUT2D eigenvalue weighted by Gasteiger charge is 2.62. The number of imide groups is 1. The van der Waals surface area contributed by atoms with Crippen LogP contribution in [0.3, 0.4) is 0 Å². The molecule has 32 heavy (non-hydrogen) atoms. The number of nitro groups is 1. The Labute approximate surface area is 184 Å². The molecule has 0 unspecified atom stereocenters. The van der Waals surface area contributed by atoms with Crippen molar-refractivity contribution >= 4 is 29.1 Å². The molecule has 0 radical (unpaired) electrons. The van der Waals surface area contributed by atoms with Crippen molar-refractivity contribution in [2.24, 2.45) is 23.7 Å². The van der Waals surface area contributed by atoms with Crippen LogP contribution in [0.25, 0.3) is 0 Å². The molecule has 3 fully saturated rings. The number of benzene rings is 2. The van der Waals surface area contributed by atoms with Crippen LogP contribution in [0.4, 0.5) is 11.4 Å². The first-order valence-corrected chi connectivity index (χ1v) is 10.9. The van der Waals surface area contributed by atoms with Gasteiger partial charge in [-0.3, -0.25) is 29.4 Å². The fourth-order valence-electron chi connectivity index (χ4n) is 5.77. The highest BCUT2D eigenvalue weighted by molar-refractivity contribution is 6.10. The van der Waals surface area contributed by atoms with Crippen molar-refractivity contribution in [2.45, 2.75) is 31.7 Å². The SMILES string of the molecule is O=C(Nc1ccc([N+](=O)[O-])cc1)[C@H](Cc1ccccc1)N1C(=O)[C@@H]2[C@@H]3CC[C@@H](C3)[C@@H]2C1=O. The topological polar surface area (TPSA) is 110 Å². The average molecular weight is 433 g/mol. The van der Waals surface area contributed by atoms with Gasteiger partial charge in [0.05, 0.1) is 16.8 Å². The van der Waals surface area contributed by atoms with Gasteiger partial charge >= 0.3 is 0 Å². The van der Waals surface area contributed by atoms with E-state index in [2.05, 4.69) is 5.32 Å². The molecule has 164 valence electrons. The van der Waals surface area contributed by atoms with Crippen molar-refractivity contribution in [2.75, 3.05) is 5.32 Å². The number of rotatable bonds is 6. The number of nitro benzene ring substituents is 1. The molecule has 2 bridgehead atoms. The fourth-order valence-corrected chi connectivity index (χ4v) is 5.77. The maximum absolute atomic E-state index is 13.3. The lowest BCUT2D eigenvalue weighted by Gasteiger charge is -2.27. The molecule has 3 amide bonds. The van der Waals surface area contributed by atoms with Gasteiger partial charge in [-0.15, -0.1) is 0 Å². The molecule has 2 saturated carbocycles. The van der Waals surface area contributed by atoms with Crippen LogP contribution in [0.15, 0.2) is 54.6 Å². The smallest absolute Gasteiger partial charge is 0.269 e. The Morgan fingerprint density at radius 2 is 1.59 bits per heavy atom. The third kappa shape index (κ3) is 3.36. The van der Waals surface area contributed by atoms with Crippen LogP contribution < -0.4 is 5.32 Å². The number of carbonyl (C=O) groups excluding carboxylic acids is 3. The van der Waals surface area contributed by atoms with Gasteiger partial charge in [-0.1, -0.05) is 30.3 Å². The van der Waals surface area contributed by atoms with E-state index < -0.39 is 16.9 Å². The maximum atomic E-state index is 13.3. The Balaban J connectivity index is 1.43. The predicted molar refractivity (Wildman–Crippen MR) is 115 cm³/mol. The van der Waals surface area contributed by atoms with Gasteiger partial charge in [0.25, 0.3) is 5.69 Å². The molecule has 1 aliphatic heterocycles. The molecular formula is C24H23N3O5. The Hall–Kier alpha value is -3.55. The van der Waals surface area contributed by atoms with Crippen LogP contribution in [0, 0.1) is 33.8 Å². The Bertz CT molecular complexity index is 1060. The van der Waals surface area contributed by atoms with Crippen LogP contribution in [0.5, 0.6) is 0 Å². The first-order chi connectivity index (χ1) is 15.4. The van der Waals surface area contributed by atoms with Crippen LogP contribution in [-0.4, -0.2) is 33.6 Å². The van der Waals surface area contributed by atoms with E-state index in [1.165, 1.54) is 29.2 Å². The third-order valence-electron chi connectivity index (χ3n) is 7.19. The largest absolute Gasteiger partial charge is 0.324 e. The minimum atomic E-state index is -0.974. The minimum Gasteiger partial charge on any atom is -0.324 e. The van der Waals surface area contributed by atoms with Gasteiger partial charge in [0, 0.05) is 24.2 Å². The van der Waals surface area contributed by atoms with Crippen LogP contribution in [0.2, 0.25) is 0 Å². The van der Waals surface area contributed by atoms with Crippen molar-refractivity contribution < 1.29 is 19.3 Å². The van der Waals surface area contributed by atoms with E-state index in [-0.39, 0.29) is 47.6 Å².